The summed E-state index contributed by atoms with van der Waals surface area (Å²) in [5.41, 5.74) is 4.14. The summed E-state index contributed by atoms with van der Waals surface area (Å²) < 4.78 is 5.42. The van der Waals surface area contributed by atoms with Crippen LogP contribution in [0.2, 0.25) is 0 Å². The molecule has 0 spiro atoms. The summed E-state index contributed by atoms with van der Waals surface area (Å²) >= 11 is 0. The molecule has 3 saturated carbocycles. The van der Waals surface area contributed by atoms with E-state index in [1.807, 2.05) is 0 Å². The quantitative estimate of drug-likeness (QED) is 0.325. The van der Waals surface area contributed by atoms with Crippen LogP contribution in [0.15, 0.2) is 41.1 Å². The van der Waals surface area contributed by atoms with Crippen molar-refractivity contribution in [3.05, 3.63) is 41.5 Å². The highest BCUT2D eigenvalue weighted by molar-refractivity contribution is 5.96. The predicted molar refractivity (Wildman–Crippen MR) is 179 cm³/mol. The largest absolute Gasteiger partial charge is 0.497 e. The Morgan fingerprint density at radius 2 is 1.84 bits per heavy atom. The van der Waals surface area contributed by atoms with Crippen LogP contribution in [-0.2, 0) is 15.0 Å². The molecule has 5 aliphatic rings. The zero-order chi connectivity index (χ0) is 32.0. The molecule has 1 aromatic rings. The van der Waals surface area contributed by atoms with E-state index in [9.17, 15) is 9.90 Å². The first-order valence-corrected chi connectivity index (χ1v) is 17.7. The van der Waals surface area contributed by atoms with E-state index in [0.717, 1.165) is 68.9 Å². The first-order valence-electron chi connectivity index (χ1n) is 17.7. The lowest BCUT2D eigenvalue weighted by Crippen LogP contribution is -2.52. The number of carbonyl (C=O) groups excluding carboxylic acids is 1. The molecule has 0 radical (unpaired) electrons. The van der Waals surface area contributed by atoms with Crippen molar-refractivity contribution < 1.29 is 19.5 Å². The van der Waals surface area contributed by atoms with Gasteiger partial charge in [0.25, 0.3) is 5.91 Å². The van der Waals surface area contributed by atoms with Gasteiger partial charge in [-0.15, -0.1) is 0 Å². The van der Waals surface area contributed by atoms with Gasteiger partial charge in [0, 0.05) is 24.5 Å². The van der Waals surface area contributed by atoms with Crippen LogP contribution in [0.3, 0.4) is 0 Å². The van der Waals surface area contributed by atoms with E-state index in [1.54, 1.807) is 7.11 Å². The average molecular weight is 620 g/mol. The van der Waals surface area contributed by atoms with Crippen molar-refractivity contribution in [3.63, 3.8) is 0 Å². The molecule has 6 rings (SSSR count). The summed E-state index contributed by atoms with van der Waals surface area (Å²) in [5, 5.41) is 18.4. The molecule has 4 fully saturated rings. The lowest BCUT2D eigenvalue weighted by molar-refractivity contribution is -0.125. The minimum Gasteiger partial charge on any atom is -0.497 e. The Kier molecular flexibility index (Phi) is 9.17. The smallest absolute Gasteiger partial charge is 0.260 e. The number of fused-ring (bicyclic) bond motifs is 5. The van der Waals surface area contributed by atoms with Gasteiger partial charge in [0.05, 0.1) is 18.9 Å². The topological polar surface area (TPSA) is 83.4 Å². The van der Waals surface area contributed by atoms with E-state index in [-0.39, 0.29) is 34.9 Å². The van der Waals surface area contributed by atoms with Crippen LogP contribution in [0, 0.1) is 34.5 Å². The fourth-order valence-corrected chi connectivity index (χ4v) is 10.8. The van der Waals surface area contributed by atoms with E-state index in [2.05, 4.69) is 80.5 Å². The number of benzene rings is 1. The van der Waals surface area contributed by atoms with Crippen LogP contribution in [-0.4, -0.2) is 67.6 Å². The van der Waals surface area contributed by atoms with Gasteiger partial charge < -0.3 is 24.9 Å². The Morgan fingerprint density at radius 1 is 1.07 bits per heavy atom. The molecule has 1 amide bonds. The van der Waals surface area contributed by atoms with Crippen molar-refractivity contribution in [3.8, 4) is 5.75 Å². The second-order valence-corrected chi connectivity index (χ2v) is 15.9. The molecular formula is C38H57N3O4. The normalized spacial score (nSPS) is 40.6. The van der Waals surface area contributed by atoms with Gasteiger partial charge in [-0.05, 0) is 136 Å². The maximum absolute atomic E-state index is 12.9. The van der Waals surface area contributed by atoms with E-state index < -0.39 is 0 Å². The fraction of sp³-hybridized carbons (Fsp3) is 0.737. The zero-order valence-electron chi connectivity index (χ0n) is 28.6. The van der Waals surface area contributed by atoms with Crippen molar-refractivity contribution in [2.75, 3.05) is 33.9 Å². The third kappa shape index (κ3) is 5.86. The van der Waals surface area contributed by atoms with Gasteiger partial charge in [0.2, 0.25) is 0 Å². The second kappa shape index (κ2) is 12.7. The Morgan fingerprint density at radius 3 is 2.60 bits per heavy atom. The molecule has 0 aromatic heterocycles. The van der Waals surface area contributed by atoms with Crippen LogP contribution in [0.1, 0.15) is 97.5 Å². The van der Waals surface area contributed by atoms with Crippen LogP contribution < -0.4 is 10.1 Å². The van der Waals surface area contributed by atoms with Crippen LogP contribution >= 0.6 is 0 Å². The van der Waals surface area contributed by atoms with E-state index in [4.69, 9.17) is 9.57 Å². The number of hydrogen-bond donors (Lipinski definition) is 2. The maximum atomic E-state index is 12.9. The van der Waals surface area contributed by atoms with Crippen LogP contribution in [0.4, 0.5) is 0 Å². The Bertz CT molecular complexity index is 1290. The van der Waals surface area contributed by atoms with E-state index in [0.29, 0.717) is 30.3 Å². The number of hydrogen-bond acceptors (Lipinski definition) is 6. The van der Waals surface area contributed by atoms with Gasteiger partial charge in [-0.25, -0.2) is 0 Å². The highest BCUT2D eigenvalue weighted by Gasteiger charge is 2.58. The molecule has 248 valence electrons. The number of ether oxygens (including phenoxy) is 1. The van der Waals surface area contributed by atoms with Crippen molar-refractivity contribution in [2.45, 2.75) is 109 Å². The molecule has 7 heteroatoms. The molecule has 1 aliphatic heterocycles. The second-order valence-electron chi connectivity index (χ2n) is 15.9. The number of oxime groups is 1. The van der Waals surface area contributed by atoms with Crippen molar-refractivity contribution >= 4 is 11.6 Å². The monoisotopic (exact) mass is 619 g/mol. The molecule has 2 N–H and O–H groups in total. The standard InChI is InChI=1S/C38H57N3O4/c1-25-23-41(5)26(2)22-38(25,27-7-10-30(44-6)11-8-27)19-20-39-35(43)24-45-40-29-15-17-36(3)28(21-29)9-12-31-32-13-14-34(42)37(32,4)18-16-33(31)36/h7-8,10-11,21,25-26,31-34,42H,9,12-20,22-24H2,1-6H3,(H,39,43)/b40-29-/t25-,26+,31+,32+,33+,34-,36+,37+,38-/m1/s1. The van der Waals surface area contributed by atoms with Gasteiger partial charge in [0.15, 0.2) is 6.61 Å². The molecule has 0 unspecified atom stereocenters. The summed E-state index contributed by atoms with van der Waals surface area (Å²) in [6.07, 6.45) is 13.0. The summed E-state index contributed by atoms with van der Waals surface area (Å²) in [5.74, 6) is 3.30. The molecule has 9 atom stereocenters. The van der Waals surface area contributed by atoms with Crippen molar-refractivity contribution in [1.29, 1.82) is 0 Å². The molecule has 1 saturated heterocycles. The van der Waals surface area contributed by atoms with Gasteiger partial charge in [-0.1, -0.05) is 43.6 Å². The number of piperidine rings is 1. The number of nitrogens with one attached hydrogen (secondary N) is 1. The van der Waals surface area contributed by atoms with Crippen molar-refractivity contribution in [2.24, 2.45) is 39.7 Å². The number of aliphatic hydroxyl groups is 1. The lowest BCUT2D eigenvalue weighted by atomic mass is 9.47. The predicted octanol–water partition coefficient (Wildman–Crippen LogP) is 6.50. The molecule has 45 heavy (non-hydrogen) atoms. The first-order chi connectivity index (χ1) is 21.5. The van der Waals surface area contributed by atoms with Gasteiger partial charge in [0.1, 0.15) is 5.75 Å². The molecular weight excluding hydrogens is 562 g/mol. The maximum Gasteiger partial charge on any atom is 0.260 e. The highest BCUT2D eigenvalue weighted by atomic mass is 16.6. The van der Waals surface area contributed by atoms with Crippen molar-refractivity contribution in [1.82, 2.24) is 10.2 Å². The van der Waals surface area contributed by atoms with Gasteiger partial charge >= 0.3 is 0 Å². The number of allylic oxidation sites excluding steroid dienone is 2. The average Bonchev–Trinajstić information content (AvgIpc) is 3.33. The number of nitrogens with zero attached hydrogens (tertiary/aromatic N) is 2. The number of methoxy groups -OCH3 is 1. The van der Waals surface area contributed by atoms with E-state index in [1.165, 1.54) is 30.4 Å². The highest BCUT2D eigenvalue weighted by Crippen LogP contribution is 2.65. The summed E-state index contributed by atoms with van der Waals surface area (Å²) in [6, 6.07) is 8.98. The third-order valence-electron chi connectivity index (χ3n) is 13.8. The molecule has 1 heterocycles. The Labute approximate surface area is 271 Å². The number of aliphatic hydroxyl groups excluding tert-OH is 1. The first kappa shape index (κ1) is 32.6. The molecule has 0 bridgehead atoms. The third-order valence-corrected chi connectivity index (χ3v) is 13.8. The lowest BCUT2D eigenvalue weighted by Gasteiger charge is -2.57. The Balaban J connectivity index is 1.04. The summed E-state index contributed by atoms with van der Waals surface area (Å²) in [6.45, 7) is 11.1. The van der Waals surface area contributed by atoms with Gasteiger partial charge in [-0.2, -0.15) is 0 Å². The van der Waals surface area contributed by atoms with E-state index >= 15 is 0 Å². The van der Waals surface area contributed by atoms with Gasteiger partial charge in [-0.3, -0.25) is 4.79 Å². The summed E-state index contributed by atoms with van der Waals surface area (Å²) in [7, 11) is 3.91. The van der Waals surface area contributed by atoms with Crippen LogP contribution in [0.5, 0.6) is 5.75 Å². The minimum absolute atomic E-state index is 0.0129. The molecule has 1 aromatic carbocycles. The number of amides is 1. The van der Waals surface area contributed by atoms with Crippen LogP contribution in [0.25, 0.3) is 0 Å². The SMILES string of the molecule is COc1ccc([C@]2(CCNC(=O)CO/N=C3\C=C4CC[C@H]5[C@@H]6CC[C@@H](O)[C@@]6(C)CC[C@@H]5[C@@]4(C)CC3)C[C@H](C)N(C)C[C@H]2C)cc1. The minimum atomic E-state index is -0.122. The fourth-order valence-electron chi connectivity index (χ4n) is 10.8. The molecule has 7 nitrogen and oxygen atoms in total. The number of likely N-dealkylation sites (tertiary alicyclic amines) is 1. The number of rotatable bonds is 8. The number of carbonyl (C=O) groups is 1. The Hall–Kier alpha value is -2.38. The zero-order valence-corrected chi connectivity index (χ0v) is 28.6. The molecule has 4 aliphatic carbocycles. The summed E-state index contributed by atoms with van der Waals surface area (Å²) in [4.78, 5) is 21.0.